The maximum atomic E-state index is 12.1. The number of unbranched alkanes of at least 4 members (excludes halogenated alkanes) is 6. The van der Waals surface area contributed by atoms with E-state index in [4.69, 9.17) is 9.05 Å². The summed E-state index contributed by atoms with van der Waals surface area (Å²) in [6.07, 6.45) is 9.12. The maximum absolute atomic E-state index is 12.1. The Morgan fingerprint density at radius 2 is 1.24 bits per heavy atom. The van der Waals surface area contributed by atoms with Crippen LogP contribution in [0.4, 0.5) is 0 Å². The van der Waals surface area contributed by atoms with Gasteiger partial charge in [-0.25, -0.2) is 0 Å². The molecular formula is C13H29O3P. The van der Waals surface area contributed by atoms with Crippen molar-refractivity contribution in [3.05, 3.63) is 0 Å². The predicted octanol–water partition coefficient (Wildman–Crippen LogP) is 5.00. The summed E-state index contributed by atoms with van der Waals surface area (Å²) >= 11 is 0. The van der Waals surface area contributed by atoms with Crippen molar-refractivity contribution in [2.24, 2.45) is 0 Å². The Hall–Kier alpha value is 0.150. The van der Waals surface area contributed by atoms with Crippen LogP contribution in [0, 0.1) is 0 Å². The molecule has 0 unspecified atom stereocenters. The van der Waals surface area contributed by atoms with Crippen LogP contribution in [0.5, 0.6) is 0 Å². The van der Waals surface area contributed by atoms with E-state index in [9.17, 15) is 4.57 Å². The molecule has 0 fully saturated rings. The molecule has 0 aliphatic rings. The molecule has 0 aliphatic heterocycles. The zero-order valence-electron chi connectivity index (χ0n) is 11.7. The van der Waals surface area contributed by atoms with Gasteiger partial charge in [0, 0.05) is 0 Å². The predicted molar refractivity (Wildman–Crippen MR) is 73.7 cm³/mol. The first-order chi connectivity index (χ1) is 8.18. The summed E-state index contributed by atoms with van der Waals surface area (Å²) in [5, 5.41) is 0. The van der Waals surface area contributed by atoms with Crippen molar-refractivity contribution in [1.82, 2.24) is 0 Å². The second-order valence-corrected chi connectivity index (χ2v) is 6.48. The van der Waals surface area contributed by atoms with E-state index in [2.05, 4.69) is 6.92 Å². The van der Waals surface area contributed by atoms with E-state index in [0.717, 1.165) is 12.8 Å². The fourth-order valence-electron chi connectivity index (χ4n) is 1.82. The van der Waals surface area contributed by atoms with E-state index < -0.39 is 7.60 Å². The first kappa shape index (κ1) is 17.2. The summed E-state index contributed by atoms with van der Waals surface area (Å²) in [4.78, 5) is 0. The maximum Gasteiger partial charge on any atom is 0.330 e. The van der Waals surface area contributed by atoms with E-state index in [-0.39, 0.29) is 0 Å². The Labute approximate surface area is 107 Å². The van der Waals surface area contributed by atoms with Crippen LogP contribution in [0.25, 0.3) is 0 Å². The molecule has 0 amide bonds. The van der Waals surface area contributed by atoms with Crippen molar-refractivity contribution in [1.29, 1.82) is 0 Å². The number of rotatable bonds is 12. The van der Waals surface area contributed by atoms with Crippen molar-refractivity contribution < 1.29 is 13.6 Å². The molecule has 17 heavy (non-hydrogen) atoms. The second-order valence-electron chi connectivity index (χ2n) is 4.29. The third-order valence-electron chi connectivity index (χ3n) is 2.69. The van der Waals surface area contributed by atoms with Crippen LogP contribution in [0.15, 0.2) is 0 Å². The lowest BCUT2D eigenvalue weighted by Crippen LogP contribution is -2.00. The SMILES string of the molecule is CCCCCCCCCP(=O)(OCC)OCC. The molecule has 0 saturated heterocycles. The molecule has 4 heteroatoms. The topological polar surface area (TPSA) is 35.5 Å². The normalized spacial score (nSPS) is 11.9. The van der Waals surface area contributed by atoms with Gasteiger partial charge in [-0.3, -0.25) is 4.57 Å². The summed E-state index contributed by atoms with van der Waals surface area (Å²) in [6, 6.07) is 0. The Morgan fingerprint density at radius 1 is 0.765 bits per heavy atom. The van der Waals surface area contributed by atoms with Gasteiger partial charge in [0.25, 0.3) is 0 Å². The van der Waals surface area contributed by atoms with Crippen molar-refractivity contribution in [2.45, 2.75) is 65.7 Å². The smallest absolute Gasteiger partial charge is 0.309 e. The monoisotopic (exact) mass is 264 g/mol. The Kier molecular flexibility index (Phi) is 11.4. The van der Waals surface area contributed by atoms with Gasteiger partial charge in [-0.2, -0.15) is 0 Å². The van der Waals surface area contributed by atoms with Crippen molar-refractivity contribution in [3.63, 3.8) is 0 Å². The average Bonchev–Trinajstić information content (AvgIpc) is 2.28. The Balaban J connectivity index is 3.58. The van der Waals surface area contributed by atoms with Gasteiger partial charge in [0.2, 0.25) is 0 Å². The zero-order chi connectivity index (χ0) is 13.0. The third-order valence-corrected chi connectivity index (χ3v) is 4.85. The van der Waals surface area contributed by atoms with Crippen LogP contribution in [0.3, 0.4) is 0 Å². The van der Waals surface area contributed by atoms with Gasteiger partial charge in [-0.1, -0.05) is 45.4 Å². The molecular weight excluding hydrogens is 235 g/mol. The van der Waals surface area contributed by atoms with Crippen LogP contribution in [-0.4, -0.2) is 19.4 Å². The minimum Gasteiger partial charge on any atom is -0.309 e. The van der Waals surface area contributed by atoms with Gasteiger partial charge in [0.05, 0.1) is 19.4 Å². The van der Waals surface area contributed by atoms with Gasteiger partial charge in [-0.15, -0.1) is 0 Å². The Morgan fingerprint density at radius 3 is 1.71 bits per heavy atom. The molecule has 3 nitrogen and oxygen atoms in total. The quantitative estimate of drug-likeness (QED) is 0.367. The van der Waals surface area contributed by atoms with Crippen molar-refractivity contribution in [3.8, 4) is 0 Å². The highest BCUT2D eigenvalue weighted by atomic mass is 31.2. The van der Waals surface area contributed by atoms with E-state index in [1.807, 2.05) is 13.8 Å². The molecule has 0 aromatic carbocycles. The average molecular weight is 264 g/mol. The van der Waals surface area contributed by atoms with Crippen LogP contribution in [0.1, 0.15) is 65.7 Å². The molecule has 0 heterocycles. The summed E-state index contributed by atoms with van der Waals surface area (Å²) in [5.74, 6) is 0. The van der Waals surface area contributed by atoms with E-state index >= 15 is 0 Å². The fourth-order valence-corrected chi connectivity index (χ4v) is 3.55. The van der Waals surface area contributed by atoms with Gasteiger partial charge in [-0.05, 0) is 20.3 Å². The van der Waals surface area contributed by atoms with Gasteiger partial charge >= 0.3 is 7.60 Å². The van der Waals surface area contributed by atoms with Crippen LogP contribution in [-0.2, 0) is 13.6 Å². The van der Waals surface area contributed by atoms with Gasteiger partial charge in [0.15, 0.2) is 0 Å². The molecule has 0 aliphatic carbocycles. The molecule has 0 N–H and O–H groups in total. The number of hydrogen-bond donors (Lipinski definition) is 0. The first-order valence-electron chi connectivity index (χ1n) is 7.06. The Bertz CT molecular complexity index is 197. The standard InChI is InChI=1S/C13H29O3P/c1-4-7-8-9-10-11-12-13-17(14,15-5-2)16-6-3/h4-13H2,1-3H3. The molecule has 0 spiro atoms. The van der Waals surface area contributed by atoms with Crippen molar-refractivity contribution >= 4 is 7.60 Å². The molecule has 0 rings (SSSR count). The highest BCUT2D eigenvalue weighted by Crippen LogP contribution is 2.48. The van der Waals surface area contributed by atoms with Crippen LogP contribution in [0.2, 0.25) is 0 Å². The first-order valence-corrected chi connectivity index (χ1v) is 8.79. The van der Waals surface area contributed by atoms with Crippen LogP contribution < -0.4 is 0 Å². The van der Waals surface area contributed by atoms with Gasteiger partial charge < -0.3 is 9.05 Å². The molecule has 0 radical (unpaired) electrons. The number of hydrogen-bond acceptors (Lipinski definition) is 3. The minimum absolute atomic E-state index is 0.466. The molecule has 0 aromatic rings. The summed E-state index contributed by atoms with van der Waals surface area (Å²) in [6.45, 7) is 6.87. The molecule has 0 atom stereocenters. The summed E-state index contributed by atoms with van der Waals surface area (Å²) in [7, 11) is -2.78. The largest absolute Gasteiger partial charge is 0.330 e. The van der Waals surface area contributed by atoms with Crippen LogP contribution >= 0.6 is 7.60 Å². The van der Waals surface area contributed by atoms with E-state index in [0.29, 0.717) is 19.4 Å². The third kappa shape index (κ3) is 9.82. The molecule has 0 aromatic heterocycles. The van der Waals surface area contributed by atoms with E-state index in [1.54, 1.807) is 0 Å². The minimum atomic E-state index is -2.78. The zero-order valence-corrected chi connectivity index (χ0v) is 12.6. The lowest BCUT2D eigenvalue weighted by Gasteiger charge is -2.16. The highest BCUT2D eigenvalue weighted by Gasteiger charge is 2.22. The summed E-state index contributed by atoms with van der Waals surface area (Å²) in [5.41, 5.74) is 0. The summed E-state index contributed by atoms with van der Waals surface area (Å²) < 4.78 is 22.6. The molecule has 0 saturated carbocycles. The van der Waals surface area contributed by atoms with Crippen molar-refractivity contribution in [2.75, 3.05) is 19.4 Å². The van der Waals surface area contributed by atoms with E-state index in [1.165, 1.54) is 32.1 Å². The second kappa shape index (κ2) is 11.3. The molecule has 0 bridgehead atoms. The fraction of sp³-hybridized carbons (Fsp3) is 1.00. The lowest BCUT2D eigenvalue weighted by atomic mass is 10.1. The highest BCUT2D eigenvalue weighted by molar-refractivity contribution is 7.53. The van der Waals surface area contributed by atoms with Gasteiger partial charge in [0.1, 0.15) is 0 Å². The lowest BCUT2D eigenvalue weighted by molar-refractivity contribution is 0.219. The molecule has 104 valence electrons.